The fraction of sp³-hybridized carbons (Fsp3) is 0.300. The molecule has 0 aliphatic heterocycles. The third-order valence-corrected chi connectivity index (χ3v) is 3.78. The fourth-order valence-corrected chi connectivity index (χ4v) is 2.44. The molecule has 0 unspecified atom stereocenters. The summed E-state index contributed by atoms with van der Waals surface area (Å²) in [5.41, 5.74) is 2.08. The molecule has 0 spiro atoms. The number of hydrogen-bond acceptors (Lipinski definition) is 2. The van der Waals surface area contributed by atoms with Crippen molar-refractivity contribution < 1.29 is 9.59 Å². The SMILES string of the molecule is CC(C)N(Cc1ccccc1)C(=O)CC(=O)NCc1ccccc1. The Kier molecular flexibility index (Phi) is 6.55. The van der Waals surface area contributed by atoms with Gasteiger partial charge in [0.25, 0.3) is 0 Å². The lowest BCUT2D eigenvalue weighted by Gasteiger charge is -2.26. The van der Waals surface area contributed by atoms with Crippen molar-refractivity contribution in [2.24, 2.45) is 0 Å². The molecule has 0 fully saturated rings. The molecule has 24 heavy (non-hydrogen) atoms. The van der Waals surface area contributed by atoms with Gasteiger partial charge in [-0.25, -0.2) is 0 Å². The number of carbonyl (C=O) groups excluding carboxylic acids is 2. The Morgan fingerprint density at radius 3 is 2.00 bits per heavy atom. The van der Waals surface area contributed by atoms with E-state index in [4.69, 9.17) is 0 Å². The van der Waals surface area contributed by atoms with E-state index in [1.807, 2.05) is 74.5 Å². The summed E-state index contributed by atoms with van der Waals surface area (Å²) in [5, 5.41) is 2.80. The Balaban J connectivity index is 1.89. The van der Waals surface area contributed by atoms with Crippen molar-refractivity contribution in [3.05, 3.63) is 71.8 Å². The summed E-state index contributed by atoms with van der Waals surface area (Å²) >= 11 is 0. The average molecular weight is 324 g/mol. The van der Waals surface area contributed by atoms with E-state index in [0.717, 1.165) is 11.1 Å². The molecular weight excluding hydrogens is 300 g/mol. The largest absolute Gasteiger partial charge is 0.352 e. The molecule has 2 rings (SSSR count). The topological polar surface area (TPSA) is 49.4 Å². The predicted molar refractivity (Wildman–Crippen MR) is 95.0 cm³/mol. The van der Waals surface area contributed by atoms with E-state index in [0.29, 0.717) is 13.1 Å². The van der Waals surface area contributed by atoms with Gasteiger partial charge < -0.3 is 10.2 Å². The van der Waals surface area contributed by atoms with Crippen LogP contribution in [-0.4, -0.2) is 22.8 Å². The highest BCUT2D eigenvalue weighted by Gasteiger charge is 2.20. The second-order valence-electron chi connectivity index (χ2n) is 6.04. The molecule has 0 aliphatic carbocycles. The Morgan fingerprint density at radius 2 is 1.46 bits per heavy atom. The van der Waals surface area contributed by atoms with Crippen LogP contribution in [0.15, 0.2) is 60.7 Å². The second-order valence-corrected chi connectivity index (χ2v) is 6.04. The first-order valence-corrected chi connectivity index (χ1v) is 8.20. The molecule has 0 aromatic heterocycles. The molecule has 1 N–H and O–H groups in total. The van der Waals surface area contributed by atoms with Gasteiger partial charge in [-0.15, -0.1) is 0 Å². The summed E-state index contributed by atoms with van der Waals surface area (Å²) in [6.45, 7) is 4.88. The third kappa shape index (κ3) is 5.54. The molecule has 2 aromatic carbocycles. The van der Waals surface area contributed by atoms with Gasteiger partial charge in [0.2, 0.25) is 11.8 Å². The Labute approximate surface area is 143 Å². The molecule has 0 aliphatic rings. The minimum absolute atomic E-state index is 0.0413. The van der Waals surface area contributed by atoms with Crippen LogP contribution in [0.5, 0.6) is 0 Å². The van der Waals surface area contributed by atoms with Gasteiger partial charge in [-0.3, -0.25) is 9.59 Å². The number of nitrogens with zero attached hydrogens (tertiary/aromatic N) is 1. The molecule has 126 valence electrons. The summed E-state index contributed by atoms with van der Waals surface area (Å²) < 4.78 is 0. The van der Waals surface area contributed by atoms with Gasteiger partial charge in [-0.1, -0.05) is 60.7 Å². The predicted octanol–water partition coefficient (Wildman–Crippen LogP) is 3.13. The number of amides is 2. The number of rotatable bonds is 7. The minimum Gasteiger partial charge on any atom is -0.352 e. The molecule has 0 atom stereocenters. The van der Waals surface area contributed by atoms with Crippen LogP contribution in [-0.2, 0) is 22.7 Å². The monoisotopic (exact) mass is 324 g/mol. The van der Waals surface area contributed by atoms with Crippen molar-refractivity contribution in [1.82, 2.24) is 10.2 Å². The van der Waals surface area contributed by atoms with Crippen molar-refractivity contribution in [1.29, 1.82) is 0 Å². The minimum atomic E-state index is -0.248. The van der Waals surface area contributed by atoms with Crippen molar-refractivity contribution in [2.75, 3.05) is 0 Å². The lowest BCUT2D eigenvalue weighted by molar-refractivity contribution is -0.138. The summed E-state index contributed by atoms with van der Waals surface area (Å²) in [4.78, 5) is 26.3. The highest BCUT2D eigenvalue weighted by molar-refractivity contribution is 5.96. The van der Waals surface area contributed by atoms with Gasteiger partial charge >= 0.3 is 0 Å². The number of nitrogens with one attached hydrogen (secondary N) is 1. The standard InChI is InChI=1S/C20H24N2O2/c1-16(2)22(15-18-11-7-4-8-12-18)20(24)13-19(23)21-14-17-9-5-3-6-10-17/h3-12,16H,13-15H2,1-2H3,(H,21,23). The Bertz CT molecular complexity index is 654. The maximum atomic E-state index is 12.5. The molecule has 4 heteroatoms. The van der Waals surface area contributed by atoms with Crippen LogP contribution in [0.3, 0.4) is 0 Å². The normalized spacial score (nSPS) is 10.5. The molecule has 0 bridgehead atoms. The van der Waals surface area contributed by atoms with E-state index < -0.39 is 0 Å². The first kappa shape index (κ1) is 17.7. The second kappa shape index (κ2) is 8.87. The number of benzene rings is 2. The zero-order chi connectivity index (χ0) is 17.4. The molecule has 0 saturated heterocycles. The molecule has 4 nitrogen and oxygen atoms in total. The molecule has 0 heterocycles. The Hall–Kier alpha value is -2.62. The van der Waals surface area contributed by atoms with Gasteiger partial charge in [0.15, 0.2) is 0 Å². The molecule has 0 saturated carbocycles. The van der Waals surface area contributed by atoms with Gasteiger partial charge in [-0.2, -0.15) is 0 Å². The third-order valence-electron chi connectivity index (χ3n) is 3.78. The van der Waals surface area contributed by atoms with Gasteiger partial charge in [-0.05, 0) is 25.0 Å². The van der Waals surface area contributed by atoms with E-state index in [1.165, 1.54) is 0 Å². The summed E-state index contributed by atoms with van der Waals surface area (Å²) in [6, 6.07) is 19.5. The summed E-state index contributed by atoms with van der Waals surface area (Å²) in [7, 11) is 0. The maximum Gasteiger partial charge on any atom is 0.232 e. The van der Waals surface area contributed by atoms with Crippen LogP contribution in [0.2, 0.25) is 0 Å². The van der Waals surface area contributed by atoms with Crippen molar-refractivity contribution >= 4 is 11.8 Å². The van der Waals surface area contributed by atoms with E-state index in [2.05, 4.69) is 5.32 Å². The molecule has 0 radical (unpaired) electrons. The highest BCUT2D eigenvalue weighted by Crippen LogP contribution is 2.10. The van der Waals surface area contributed by atoms with Crippen molar-refractivity contribution in [3.63, 3.8) is 0 Å². The van der Waals surface area contributed by atoms with Crippen LogP contribution in [0.1, 0.15) is 31.4 Å². The van der Waals surface area contributed by atoms with Crippen LogP contribution >= 0.6 is 0 Å². The molecular formula is C20H24N2O2. The van der Waals surface area contributed by atoms with E-state index in [-0.39, 0.29) is 24.3 Å². The highest BCUT2D eigenvalue weighted by atomic mass is 16.2. The maximum absolute atomic E-state index is 12.5. The van der Waals surface area contributed by atoms with Crippen LogP contribution < -0.4 is 5.32 Å². The van der Waals surface area contributed by atoms with Crippen molar-refractivity contribution in [3.8, 4) is 0 Å². The van der Waals surface area contributed by atoms with Crippen LogP contribution in [0.4, 0.5) is 0 Å². The fourth-order valence-electron chi connectivity index (χ4n) is 2.44. The van der Waals surface area contributed by atoms with E-state index in [9.17, 15) is 9.59 Å². The van der Waals surface area contributed by atoms with Crippen LogP contribution in [0.25, 0.3) is 0 Å². The number of hydrogen-bond donors (Lipinski definition) is 1. The summed E-state index contributed by atoms with van der Waals surface area (Å²) in [6.07, 6.45) is -0.127. The molecule has 2 amide bonds. The lowest BCUT2D eigenvalue weighted by atomic mass is 10.1. The molecule has 2 aromatic rings. The quantitative estimate of drug-likeness (QED) is 0.796. The zero-order valence-corrected chi connectivity index (χ0v) is 14.2. The van der Waals surface area contributed by atoms with E-state index >= 15 is 0 Å². The van der Waals surface area contributed by atoms with E-state index in [1.54, 1.807) is 4.90 Å². The average Bonchev–Trinajstić information content (AvgIpc) is 2.59. The smallest absolute Gasteiger partial charge is 0.232 e. The summed E-state index contributed by atoms with van der Waals surface area (Å²) in [5.74, 6) is -0.401. The van der Waals surface area contributed by atoms with Gasteiger partial charge in [0.05, 0.1) is 0 Å². The van der Waals surface area contributed by atoms with Crippen molar-refractivity contribution in [2.45, 2.75) is 39.4 Å². The first-order chi connectivity index (χ1) is 11.6. The van der Waals surface area contributed by atoms with Crippen LogP contribution in [0, 0.1) is 0 Å². The van der Waals surface area contributed by atoms with Gasteiger partial charge in [0, 0.05) is 19.1 Å². The Morgan fingerprint density at radius 1 is 0.917 bits per heavy atom. The first-order valence-electron chi connectivity index (χ1n) is 8.20. The van der Waals surface area contributed by atoms with Gasteiger partial charge in [0.1, 0.15) is 6.42 Å². The lowest BCUT2D eigenvalue weighted by Crippen LogP contribution is -2.39. The zero-order valence-electron chi connectivity index (χ0n) is 14.2. The number of carbonyl (C=O) groups is 2.